The van der Waals surface area contributed by atoms with Gasteiger partial charge >= 0.3 is 0 Å². The molecule has 1 aromatic rings. The minimum absolute atomic E-state index is 0.747. The van der Waals surface area contributed by atoms with Crippen molar-refractivity contribution >= 4 is 15.4 Å². The van der Waals surface area contributed by atoms with E-state index in [1.807, 2.05) is 0 Å². The van der Waals surface area contributed by atoms with E-state index in [0.29, 0.717) is 0 Å². The van der Waals surface area contributed by atoms with Crippen LogP contribution < -0.4 is 5.19 Å². The maximum Gasteiger partial charge on any atom is 0.0715 e. The monoisotopic (exact) mass is 259 g/mol. The van der Waals surface area contributed by atoms with E-state index in [-0.39, 0.29) is 0 Å². The van der Waals surface area contributed by atoms with Crippen LogP contribution in [-0.4, -0.2) is 10.2 Å². The second kappa shape index (κ2) is 9.38. The first-order valence-electron chi connectivity index (χ1n) is 7.60. The Bertz CT molecular complexity index is 309. The zero-order valence-electron chi connectivity index (χ0n) is 12.0. The third kappa shape index (κ3) is 5.39. The molecule has 0 aliphatic rings. The molecule has 0 N–H and O–H groups in total. The Kier molecular flexibility index (Phi) is 8.07. The maximum absolute atomic E-state index is 3.77. The topological polar surface area (TPSA) is 0 Å². The Morgan fingerprint density at radius 3 is 1.94 bits per heavy atom. The van der Waals surface area contributed by atoms with E-state index >= 15 is 0 Å². The van der Waals surface area contributed by atoms with Gasteiger partial charge in [-0.25, -0.2) is 0 Å². The second-order valence-electron chi connectivity index (χ2n) is 5.28. The largest absolute Gasteiger partial charge is 0.0715 e. The molecular formula is C17H27Si. The Hall–Kier alpha value is -0.563. The van der Waals surface area contributed by atoms with E-state index < -0.39 is 0 Å². The molecule has 99 valence electrons. The Balaban J connectivity index is 2.60. The van der Waals surface area contributed by atoms with Crippen molar-refractivity contribution in [1.82, 2.24) is 0 Å². The lowest BCUT2D eigenvalue weighted by atomic mass is 9.88. The fourth-order valence-electron chi connectivity index (χ4n) is 2.59. The van der Waals surface area contributed by atoms with E-state index in [9.17, 15) is 0 Å². The zero-order chi connectivity index (χ0) is 13.2. The van der Waals surface area contributed by atoms with Crippen molar-refractivity contribution in [2.75, 3.05) is 0 Å². The molecule has 0 spiro atoms. The summed E-state index contributed by atoms with van der Waals surface area (Å²) < 4.78 is 0. The summed E-state index contributed by atoms with van der Waals surface area (Å²) >= 11 is 0. The summed E-state index contributed by atoms with van der Waals surface area (Å²) in [5, 5.41) is 1.29. The van der Waals surface area contributed by atoms with Crippen molar-refractivity contribution in [2.45, 2.75) is 71.1 Å². The molecule has 0 amide bonds. The summed E-state index contributed by atoms with van der Waals surface area (Å²) in [6.07, 6.45) is 10.8. The second-order valence-corrected chi connectivity index (χ2v) is 5.81. The van der Waals surface area contributed by atoms with Gasteiger partial charge in [0.1, 0.15) is 0 Å². The van der Waals surface area contributed by atoms with Crippen LogP contribution >= 0.6 is 0 Å². The van der Waals surface area contributed by atoms with Gasteiger partial charge in [-0.05, 0) is 24.3 Å². The van der Waals surface area contributed by atoms with Gasteiger partial charge in [-0.1, -0.05) is 81.8 Å². The molecule has 0 saturated carbocycles. The number of hydrogen-bond donors (Lipinski definition) is 0. The quantitative estimate of drug-likeness (QED) is 0.444. The molecule has 0 saturated heterocycles. The molecule has 0 bridgehead atoms. The lowest BCUT2D eigenvalue weighted by Crippen LogP contribution is -2.14. The smallest absolute Gasteiger partial charge is 0.0654 e. The average Bonchev–Trinajstić information content (AvgIpc) is 2.38. The van der Waals surface area contributed by atoms with Crippen LogP contribution in [0.3, 0.4) is 0 Å². The first-order valence-corrected chi connectivity index (χ1v) is 8.10. The first-order chi connectivity index (χ1) is 8.79. The lowest BCUT2D eigenvalue weighted by Gasteiger charge is -2.19. The minimum atomic E-state index is 0.747. The molecule has 1 heteroatoms. The van der Waals surface area contributed by atoms with Crippen molar-refractivity contribution in [2.24, 2.45) is 0 Å². The molecule has 0 aliphatic heterocycles. The van der Waals surface area contributed by atoms with Crippen LogP contribution in [0.25, 0.3) is 0 Å². The SMILES string of the molecule is CCCCCC(CCCCC)c1ccccc1[Si]. The molecular weight excluding hydrogens is 232 g/mol. The van der Waals surface area contributed by atoms with Crippen LogP contribution in [0.1, 0.15) is 76.7 Å². The molecule has 0 nitrogen and oxygen atoms in total. The fraction of sp³-hybridized carbons (Fsp3) is 0.647. The molecule has 3 radical (unpaired) electrons. The van der Waals surface area contributed by atoms with Crippen LogP contribution in [0.5, 0.6) is 0 Å². The lowest BCUT2D eigenvalue weighted by molar-refractivity contribution is 0.508. The Morgan fingerprint density at radius 2 is 1.44 bits per heavy atom. The molecule has 0 heterocycles. The third-order valence-electron chi connectivity index (χ3n) is 3.71. The summed E-state index contributed by atoms with van der Waals surface area (Å²) in [7, 11) is 3.77. The zero-order valence-corrected chi connectivity index (χ0v) is 13.0. The molecule has 0 atom stereocenters. The van der Waals surface area contributed by atoms with Crippen LogP contribution in [0.2, 0.25) is 0 Å². The predicted octanol–water partition coefficient (Wildman–Crippen LogP) is 4.72. The van der Waals surface area contributed by atoms with E-state index in [4.69, 9.17) is 0 Å². The summed E-state index contributed by atoms with van der Waals surface area (Å²) in [6, 6.07) is 8.76. The Labute approximate surface area is 117 Å². The molecule has 0 aliphatic carbocycles. The number of unbranched alkanes of at least 4 members (excludes halogenated alkanes) is 4. The predicted molar refractivity (Wildman–Crippen MR) is 82.9 cm³/mol. The highest BCUT2D eigenvalue weighted by Gasteiger charge is 2.12. The van der Waals surface area contributed by atoms with Crippen molar-refractivity contribution < 1.29 is 0 Å². The first kappa shape index (κ1) is 15.5. The van der Waals surface area contributed by atoms with E-state index in [2.05, 4.69) is 48.4 Å². The van der Waals surface area contributed by atoms with Crippen molar-refractivity contribution in [3.05, 3.63) is 29.8 Å². The Morgan fingerprint density at radius 1 is 0.889 bits per heavy atom. The molecule has 0 aromatic heterocycles. The fourth-order valence-corrected chi connectivity index (χ4v) is 2.97. The van der Waals surface area contributed by atoms with Gasteiger partial charge in [-0.2, -0.15) is 0 Å². The van der Waals surface area contributed by atoms with Gasteiger partial charge in [0.25, 0.3) is 0 Å². The maximum atomic E-state index is 3.77. The van der Waals surface area contributed by atoms with Crippen LogP contribution in [0.4, 0.5) is 0 Å². The average molecular weight is 259 g/mol. The molecule has 18 heavy (non-hydrogen) atoms. The molecule has 0 fully saturated rings. The minimum Gasteiger partial charge on any atom is -0.0654 e. The summed E-state index contributed by atoms with van der Waals surface area (Å²) in [5.74, 6) is 0.747. The van der Waals surface area contributed by atoms with Gasteiger partial charge in [-0.3, -0.25) is 0 Å². The van der Waals surface area contributed by atoms with Crippen molar-refractivity contribution in [3.63, 3.8) is 0 Å². The van der Waals surface area contributed by atoms with E-state index in [1.54, 1.807) is 0 Å². The van der Waals surface area contributed by atoms with Crippen LogP contribution in [-0.2, 0) is 0 Å². The van der Waals surface area contributed by atoms with Crippen LogP contribution in [0.15, 0.2) is 24.3 Å². The molecule has 1 rings (SSSR count). The summed E-state index contributed by atoms with van der Waals surface area (Å²) in [6.45, 7) is 4.56. The van der Waals surface area contributed by atoms with Gasteiger partial charge in [0.05, 0.1) is 10.2 Å². The number of hydrogen-bond acceptors (Lipinski definition) is 0. The van der Waals surface area contributed by atoms with Gasteiger partial charge in [0.15, 0.2) is 0 Å². The summed E-state index contributed by atoms with van der Waals surface area (Å²) in [4.78, 5) is 0. The van der Waals surface area contributed by atoms with Crippen molar-refractivity contribution in [1.29, 1.82) is 0 Å². The molecule has 0 unspecified atom stereocenters. The van der Waals surface area contributed by atoms with E-state index in [1.165, 1.54) is 62.1 Å². The normalized spacial score (nSPS) is 11.1. The molecule has 1 aromatic carbocycles. The van der Waals surface area contributed by atoms with E-state index in [0.717, 1.165) is 5.92 Å². The highest BCUT2D eigenvalue weighted by molar-refractivity contribution is 6.33. The highest BCUT2D eigenvalue weighted by atomic mass is 28.1. The number of rotatable bonds is 9. The summed E-state index contributed by atoms with van der Waals surface area (Å²) in [5.41, 5.74) is 1.52. The van der Waals surface area contributed by atoms with Gasteiger partial charge in [0, 0.05) is 0 Å². The van der Waals surface area contributed by atoms with Crippen LogP contribution in [0, 0.1) is 0 Å². The van der Waals surface area contributed by atoms with Gasteiger partial charge < -0.3 is 0 Å². The highest BCUT2D eigenvalue weighted by Crippen LogP contribution is 2.26. The third-order valence-corrected chi connectivity index (χ3v) is 4.17. The van der Waals surface area contributed by atoms with Gasteiger partial charge in [-0.15, -0.1) is 0 Å². The standard InChI is InChI=1S/C17H27Si/c1-3-5-7-11-15(12-8-6-4-2)16-13-9-10-14-17(16)18/h9-10,13-15H,3-8,11-12H2,1-2H3. The number of benzene rings is 1. The van der Waals surface area contributed by atoms with Gasteiger partial charge in [0.2, 0.25) is 0 Å². The van der Waals surface area contributed by atoms with Crippen molar-refractivity contribution in [3.8, 4) is 0 Å².